The van der Waals surface area contributed by atoms with Crippen LogP contribution in [0.4, 0.5) is 0 Å². The highest BCUT2D eigenvalue weighted by Gasteiger charge is 2.39. The molecule has 6 nitrogen and oxygen atoms in total. The summed E-state index contributed by atoms with van der Waals surface area (Å²) in [7, 11) is -3.70. The third-order valence-electron chi connectivity index (χ3n) is 6.64. The fourth-order valence-electron chi connectivity index (χ4n) is 4.74. The van der Waals surface area contributed by atoms with Crippen LogP contribution < -0.4 is 5.32 Å². The SMILES string of the molecule is O=C(CC(c1ccccc1)(c1ccccc1)c1ccccc1)N[C@H](CCS(=O)(=O)c1ccccc1)C(=O)O. The van der Waals surface area contributed by atoms with E-state index in [1.807, 2.05) is 91.0 Å². The molecule has 1 amide bonds. The van der Waals surface area contributed by atoms with Gasteiger partial charge in [-0.2, -0.15) is 0 Å². The molecule has 4 rings (SSSR count). The van der Waals surface area contributed by atoms with Gasteiger partial charge in [0.1, 0.15) is 6.04 Å². The van der Waals surface area contributed by atoms with E-state index in [1.54, 1.807) is 18.2 Å². The van der Waals surface area contributed by atoms with Crippen molar-refractivity contribution in [3.8, 4) is 0 Å². The van der Waals surface area contributed by atoms with Gasteiger partial charge in [0, 0.05) is 6.42 Å². The summed E-state index contributed by atoms with van der Waals surface area (Å²) in [4.78, 5) is 25.7. The maximum absolute atomic E-state index is 13.6. The van der Waals surface area contributed by atoms with E-state index in [1.165, 1.54) is 12.1 Å². The van der Waals surface area contributed by atoms with Crippen molar-refractivity contribution in [1.82, 2.24) is 5.32 Å². The molecule has 0 bridgehead atoms. The number of nitrogens with one attached hydrogen (secondary N) is 1. The Morgan fingerprint density at radius 1 is 0.684 bits per heavy atom. The molecule has 1 atom stereocenters. The van der Waals surface area contributed by atoms with E-state index >= 15 is 0 Å². The van der Waals surface area contributed by atoms with Gasteiger partial charge in [0.25, 0.3) is 0 Å². The van der Waals surface area contributed by atoms with Crippen LogP contribution in [0.15, 0.2) is 126 Å². The van der Waals surface area contributed by atoms with Crippen LogP contribution >= 0.6 is 0 Å². The number of carboxylic acid groups (broad SMARTS) is 1. The molecular formula is C31H29NO5S. The number of hydrogen-bond donors (Lipinski definition) is 2. The van der Waals surface area contributed by atoms with Gasteiger partial charge < -0.3 is 10.4 Å². The van der Waals surface area contributed by atoms with Crippen molar-refractivity contribution < 1.29 is 23.1 Å². The Morgan fingerprint density at radius 2 is 1.08 bits per heavy atom. The Kier molecular flexibility index (Phi) is 8.38. The second kappa shape index (κ2) is 11.9. The van der Waals surface area contributed by atoms with E-state index in [4.69, 9.17) is 0 Å². The number of hydrogen-bond acceptors (Lipinski definition) is 4. The zero-order valence-electron chi connectivity index (χ0n) is 20.7. The van der Waals surface area contributed by atoms with Crippen LogP contribution in [0.1, 0.15) is 29.5 Å². The molecule has 0 saturated heterocycles. The van der Waals surface area contributed by atoms with Gasteiger partial charge in [-0.1, -0.05) is 109 Å². The normalized spacial score (nSPS) is 12.4. The summed E-state index contributed by atoms with van der Waals surface area (Å²) in [6.07, 6.45) is -0.326. The molecule has 194 valence electrons. The van der Waals surface area contributed by atoms with Crippen LogP contribution in [0.25, 0.3) is 0 Å². The first kappa shape index (κ1) is 26.8. The fourth-order valence-corrected chi connectivity index (χ4v) is 6.09. The average Bonchev–Trinajstić information content (AvgIpc) is 2.95. The molecule has 2 N–H and O–H groups in total. The van der Waals surface area contributed by atoms with Gasteiger partial charge in [-0.3, -0.25) is 4.79 Å². The predicted molar refractivity (Wildman–Crippen MR) is 147 cm³/mol. The van der Waals surface area contributed by atoms with Crippen LogP contribution in [0.3, 0.4) is 0 Å². The number of sulfone groups is 1. The van der Waals surface area contributed by atoms with E-state index < -0.39 is 38.9 Å². The Balaban J connectivity index is 1.65. The Bertz CT molecular complexity index is 1360. The maximum Gasteiger partial charge on any atom is 0.326 e. The Morgan fingerprint density at radius 3 is 1.47 bits per heavy atom. The zero-order chi connectivity index (χ0) is 27.0. The molecule has 0 aliphatic rings. The minimum atomic E-state index is -3.70. The molecular weight excluding hydrogens is 498 g/mol. The van der Waals surface area contributed by atoms with Crippen molar-refractivity contribution >= 4 is 21.7 Å². The third-order valence-corrected chi connectivity index (χ3v) is 8.40. The lowest BCUT2D eigenvalue weighted by atomic mass is 9.67. The summed E-state index contributed by atoms with van der Waals surface area (Å²) in [5.41, 5.74) is 1.75. The van der Waals surface area contributed by atoms with Crippen LogP contribution in [0.5, 0.6) is 0 Å². The first-order valence-corrected chi connectivity index (χ1v) is 13.9. The molecule has 0 heterocycles. The number of rotatable bonds is 11. The average molecular weight is 528 g/mol. The van der Waals surface area contributed by atoms with Gasteiger partial charge in [0.2, 0.25) is 5.91 Å². The molecule has 0 aliphatic carbocycles. The minimum Gasteiger partial charge on any atom is -0.480 e. The van der Waals surface area contributed by atoms with E-state index in [0.717, 1.165) is 16.7 Å². The number of carboxylic acids is 1. The van der Waals surface area contributed by atoms with Crippen molar-refractivity contribution in [3.05, 3.63) is 138 Å². The molecule has 0 aromatic heterocycles. The number of carbonyl (C=O) groups is 2. The molecule has 0 fully saturated rings. The number of aliphatic carboxylic acids is 1. The van der Waals surface area contributed by atoms with Crippen molar-refractivity contribution in [2.45, 2.75) is 29.2 Å². The smallest absolute Gasteiger partial charge is 0.326 e. The quantitative estimate of drug-likeness (QED) is 0.272. The Labute approximate surface area is 222 Å². The molecule has 0 radical (unpaired) electrons. The van der Waals surface area contributed by atoms with E-state index in [-0.39, 0.29) is 17.7 Å². The maximum atomic E-state index is 13.6. The predicted octanol–water partition coefficient (Wildman–Crippen LogP) is 4.84. The first-order valence-electron chi connectivity index (χ1n) is 12.3. The lowest BCUT2D eigenvalue weighted by Crippen LogP contribution is -2.45. The summed E-state index contributed by atoms with van der Waals surface area (Å²) in [6.45, 7) is 0. The molecule has 0 aliphatic heterocycles. The van der Waals surface area contributed by atoms with Crippen molar-refractivity contribution in [2.24, 2.45) is 0 Å². The van der Waals surface area contributed by atoms with Gasteiger partial charge >= 0.3 is 5.97 Å². The number of carbonyl (C=O) groups excluding carboxylic acids is 1. The van der Waals surface area contributed by atoms with Crippen LogP contribution in [0, 0.1) is 0 Å². The van der Waals surface area contributed by atoms with Gasteiger partial charge in [-0.15, -0.1) is 0 Å². The van der Waals surface area contributed by atoms with Crippen molar-refractivity contribution in [1.29, 1.82) is 0 Å². The van der Waals surface area contributed by atoms with Crippen molar-refractivity contribution in [2.75, 3.05) is 5.75 Å². The van der Waals surface area contributed by atoms with Crippen LogP contribution in [-0.4, -0.2) is 37.2 Å². The monoisotopic (exact) mass is 527 g/mol. The molecule has 38 heavy (non-hydrogen) atoms. The highest BCUT2D eigenvalue weighted by molar-refractivity contribution is 7.91. The molecule has 0 unspecified atom stereocenters. The lowest BCUT2D eigenvalue weighted by molar-refractivity contribution is -0.142. The van der Waals surface area contributed by atoms with Gasteiger partial charge in [-0.25, -0.2) is 13.2 Å². The molecule has 7 heteroatoms. The highest BCUT2D eigenvalue weighted by Crippen LogP contribution is 2.42. The molecule has 4 aromatic carbocycles. The van der Waals surface area contributed by atoms with Crippen LogP contribution in [0.2, 0.25) is 0 Å². The first-order chi connectivity index (χ1) is 18.3. The van der Waals surface area contributed by atoms with E-state index in [9.17, 15) is 23.1 Å². The van der Waals surface area contributed by atoms with Gasteiger partial charge in [0.15, 0.2) is 9.84 Å². The molecule has 0 saturated carbocycles. The van der Waals surface area contributed by atoms with E-state index in [0.29, 0.717) is 0 Å². The fraction of sp³-hybridized carbons (Fsp3) is 0.161. The van der Waals surface area contributed by atoms with E-state index in [2.05, 4.69) is 5.32 Å². The summed E-state index contributed by atoms with van der Waals surface area (Å²) in [5, 5.41) is 12.4. The second-order valence-electron chi connectivity index (χ2n) is 9.06. The Hall–Kier alpha value is -4.23. The largest absolute Gasteiger partial charge is 0.480 e. The summed E-state index contributed by atoms with van der Waals surface area (Å²) in [5.74, 6) is -2.19. The van der Waals surface area contributed by atoms with Crippen LogP contribution in [-0.2, 0) is 24.8 Å². The van der Waals surface area contributed by atoms with Crippen molar-refractivity contribution in [3.63, 3.8) is 0 Å². The number of amides is 1. The number of benzene rings is 4. The topological polar surface area (TPSA) is 101 Å². The van der Waals surface area contributed by atoms with Gasteiger partial charge in [0.05, 0.1) is 16.1 Å². The van der Waals surface area contributed by atoms with Gasteiger partial charge in [-0.05, 0) is 35.2 Å². The zero-order valence-corrected chi connectivity index (χ0v) is 21.6. The third kappa shape index (κ3) is 6.01. The second-order valence-corrected chi connectivity index (χ2v) is 11.2. The lowest BCUT2D eigenvalue weighted by Gasteiger charge is -2.36. The molecule has 0 spiro atoms. The summed E-state index contributed by atoms with van der Waals surface area (Å²) >= 11 is 0. The molecule has 4 aromatic rings. The standard InChI is InChI=1S/C31H29NO5S/c33-29(32-28(30(34)35)21-22-38(36,37)27-19-11-4-12-20-27)23-31(24-13-5-1-6-14-24,25-15-7-2-8-16-25)26-17-9-3-10-18-26/h1-20,28H,21-23H2,(H,32,33)(H,34,35)/t28-/m1/s1. The minimum absolute atomic E-state index is 0.0692. The summed E-state index contributed by atoms with van der Waals surface area (Å²) in [6, 6.07) is 35.4. The highest BCUT2D eigenvalue weighted by atomic mass is 32.2. The summed E-state index contributed by atoms with van der Waals surface area (Å²) < 4.78 is 25.4.